The number of nitrogens with two attached hydrogens (primary N) is 1. The largest absolute Gasteiger partial charge is 0.480 e. The van der Waals surface area contributed by atoms with E-state index in [1.807, 2.05) is 6.92 Å². The van der Waals surface area contributed by atoms with Gasteiger partial charge in [0.2, 0.25) is 5.91 Å². The lowest BCUT2D eigenvalue weighted by Gasteiger charge is -2.11. The maximum atomic E-state index is 11.2. The summed E-state index contributed by atoms with van der Waals surface area (Å²) in [4.78, 5) is 21.6. The Balaban J connectivity index is 3.77. The van der Waals surface area contributed by atoms with Crippen LogP contribution in [-0.2, 0) is 9.59 Å². The summed E-state index contributed by atoms with van der Waals surface area (Å²) in [6.07, 6.45) is 1.55. The summed E-state index contributed by atoms with van der Waals surface area (Å²) in [5.41, 5.74) is 5.49. The molecule has 2 atom stereocenters. The minimum Gasteiger partial charge on any atom is -0.480 e. The molecule has 6 nitrogen and oxygen atoms in total. The summed E-state index contributed by atoms with van der Waals surface area (Å²) in [6.45, 7) is 1.24. The minimum absolute atomic E-state index is 0.0333. The van der Waals surface area contributed by atoms with Crippen molar-refractivity contribution in [3.05, 3.63) is 0 Å². The third-order valence-corrected chi connectivity index (χ3v) is 1.88. The second kappa shape index (κ2) is 7.19. The molecule has 0 heterocycles. The number of aliphatic hydroxyl groups is 1. The quantitative estimate of drug-likeness (QED) is 0.441. The van der Waals surface area contributed by atoms with Crippen LogP contribution in [-0.4, -0.2) is 40.8 Å². The van der Waals surface area contributed by atoms with Gasteiger partial charge in [0, 0.05) is 12.5 Å². The third-order valence-electron chi connectivity index (χ3n) is 1.88. The van der Waals surface area contributed by atoms with Crippen molar-refractivity contribution >= 4 is 11.9 Å². The summed E-state index contributed by atoms with van der Waals surface area (Å²) in [6, 6.07) is -1.18. The number of nitrogens with one attached hydrogen (secondary N) is 1. The molecule has 0 aliphatic rings. The van der Waals surface area contributed by atoms with Gasteiger partial charge in [-0.05, 0) is 19.8 Å². The predicted octanol–water partition coefficient (Wildman–Crippen LogP) is -0.934. The van der Waals surface area contributed by atoms with Gasteiger partial charge < -0.3 is 21.3 Å². The van der Waals surface area contributed by atoms with Crippen molar-refractivity contribution < 1.29 is 19.8 Å². The molecule has 0 aromatic carbocycles. The molecule has 1 amide bonds. The second-order valence-corrected chi connectivity index (χ2v) is 3.51. The van der Waals surface area contributed by atoms with Crippen molar-refractivity contribution in [2.24, 2.45) is 5.73 Å². The van der Waals surface area contributed by atoms with Crippen molar-refractivity contribution in [2.75, 3.05) is 6.61 Å². The van der Waals surface area contributed by atoms with Crippen LogP contribution in [0.25, 0.3) is 0 Å². The lowest BCUT2D eigenvalue weighted by atomic mass is 10.1. The SMILES string of the molecule is CC(N)CCCC(=O)N[C@@H](CO)C(=O)O. The highest BCUT2D eigenvalue weighted by Gasteiger charge is 2.18. The van der Waals surface area contributed by atoms with Crippen LogP contribution in [0, 0.1) is 0 Å². The van der Waals surface area contributed by atoms with Gasteiger partial charge in [0.15, 0.2) is 0 Å². The summed E-state index contributed by atoms with van der Waals surface area (Å²) in [5.74, 6) is -1.62. The molecular formula is C9H18N2O4. The molecule has 0 rings (SSSR count). The number of hydrogen-bond acceptors (Lipinski definition) is 4. The highest BCUT2D eigenvalue weighted by Crippen LogP contribution is 1.98. The summed E-state index contributed by atoms with van der Waals surface area (Å²) in [7, 11) is 0. The van der Waals surface area contributed by atoms with Crippen LogP contribution in [0.5, 0.6) is 0 Å². The molecule has 0 aromatic heterocycles. The maximum absolute atomic E-state index is 11.2. The van der Waals surface area contributed by atoms with Crippen LogP contribution in [0.15, 0.2) is 0 Å². The van der Waals surface area contributed by atoms with Crippen LogP contribution >= 0.6 is 0 Å². The first kappa shape index (κ1) is 13.9. The standard InChI is InChI=1S/C9H18N2O4/c1-6(10)3-2-4-8(13)11-7(5-12)9(14)15/h6-7,12H,2-5,10H2,1H3,(H,11,13)(H,14,15)/t6?,7-/m0/s1. The molecule has 15 heavy (non-hydrogen) atoms. The van der Waals surface area contributed by atoms with Gasteiger partial charge in [-0.1, -0.05) is 0 Å². The van der Waals surface area contributed by atoms with Gasteiger partial charge >= 0.3 is 5.97 Å². The Bertz CT molecular complexity index is 218. The van der Waals surface area contributed by atoms with E-state index in [4.69, 9.17) is 15.9 Å². The Morgan fingerprint density at radius 3 is 2.47 bits per heavy atom. The zero-order valence-electron chi connectivity index (χ0n) is 8.77. The third kappa shape index (κ3) is 6.87. The normalized spacial score (nSPS) is 14.3. The number of rotatable bonds is 7. The zero-order valence-corrected chi connectivity index (χ0v) is 8.77. The van der Waals surface area contributed by atoms with E-state index in [1.54, 1.807) is 0 Å². The van der Waals surface area contributed by atoms with E-state index in [0.717, 1.165) is 0 Å². The van der Waals surface area contributed by atoms with Gasteiger partial charge in [0.25, 0.3) is 0 Å². The van der Waals surface area contributed by atoms with Crippen LogP contribution in [0.4, 0.5) is 0 Å². The highest BCUT2D eigenvalue weighted by atomic mass is 16.4. The number of carbonyl (C=O) groups excluding carboxylic acids is 1. The first-order chi connectivity index (χ1) is 6.97. The van der Waals surface area contributed by atoms with Gasteiger partial charge in [-0.2, -0.15) is 0 Å². The van der Waals surface area contributed by atoms with E-state index in [-0.39, 0.29) is 18.4 Å². The molecule has 0 aliphatic heterocycles. The van der Waals surface area contributed by atoms with Gasteiger partial charge in [0.1, 0.15) is 6.04 Å². The van der Waals surface area contributed by atoms with Crippen molar-refractivity contribution in [1.29, 1.82) is 0 Å². The monoisotopic (exact) mass is 218 g/mol. The Morgan fingerprint density at radius 2 is 2.07 bits per heavy atom. The van der Waals surface area contributed by atoms with Gasteiger partial charge in [-0.15, -0.1) is 0 Å². The Labute approximate surface area is 88.5 Å². The highest BCUT2D eigenvalue weighted by molar-refractivity contribution is 5.83. The van der Waals surface area contributed by atoms with E-state index in [1.165, 1.54) is 0 Å². The van der Waals surface area contributed by atoms with Crippen molar-refractivity contribution in [1.82, 2.24) is 5.32 Å². The fourth-order valence-corrected chi connectivity index (χ4v) is 1.04. The first-order valence-electron chi connectivity index (χ1n) is 4.86. The molecular weight excluding hydrogens is 200 g/mol. The van der Waals surface area contributed by atoms with E-state index >= 15 is 0 Å². The molecule has 0 saturated carbocycles. The van der Waals surface area contributed by atoms with Crippen LogP contribution < -0.4 is 11.1 Å². The molecule has 6 heteroatoms. The number of aliphatic hydroxyl groups excluding tert-OH is 1. The molecule has 5 N–H and O–H groups in total. The summed E-state index contributed by atoms with van der Waals surface area (Å²) < 4.78 is 0. The Morgan fingerprint density at radius 1 is 1.47 bits per heavy atom. The average molecular weight is 218 g/mol. The van der Waals surface area contributed by atoms with E-state index < -0.39 is 18.6 Å². The molecule has 0 saturated heterocycles. The molecule has 0 spiro atoms. The Kier molecular flexibility index (Phi) is 6.64. The fourth-order valence-electron chi connectivity index (χ4n) is 1.04. The van der Waals surface area contributed by atoms with Gasteiger partial charge in [-0.25, -0.2) is 4.79 Å². The predicted molar refractivity (Wildman–Crippen MR) is 54.2 cm³/mol. The lowest BCUT2D eigenvalue weighted by Crippen LogP contribution is -2.43. The number of aliphatic carboxylic acids is 1. The smallest absolute Gasteiger partial charge is 0.328 e. The lowest BCUT2D eigenvalue weighted by molar-refractivity contribution is -0.142. The minimum atomic E-state index is -1.24. The summed E-state index contributed by atoms with van der Waals surface area (Å²) >= 11 is 0. The molecule has 0 bridgehead atoms. The molecule has 0 fully saturated rings. The molecule has 0 aliphatic carbocycles. The number of carboxylic acid groups (broad SMARTS) is 1. The van der Waals surface area contributed by atoms with E-state index in [2.05, 4.69) is 5.32 Å². The van der Waals surface area contributed by atoms with Crippen LogP contribution in [0.2, 0.25) is 0 Å². The summed E-state index contributed by atoms with van der Waals surface area (Å²) in [5, 5.41) is 19.4. The van der Waals surface area contributed by atoms with Crippen LogP contribution in [0.3, 0.4) is 0 Å². The van der Waals surface area contributed by atoms with Gasteiger partial charge in [0.05, 0.1) is 6.61 Å². The molecule has 88 valence electrons. The number of hydrogen-bond donors (Lipinski definition) is 4. The molecule has 0 aromatic rings. The molecule has 1 unspecified atom stereocenters. The van der Waals surface area contributed by atoms with Crippen LogP contribution in [0.1, 0.15) is 26.2 Å². The fraction of sp³-hybridized carbons (Fsp3) is 0.778. The number of amides is 1. The number of carbonyl (C=O) groups is 2. The van der Waals surface area contributed by atoms with Crippen molar-refractivity contribution in [2.45, 2.75) is 38.3 Å². The van der Waals surface area contributed by atoms with Gasteiger partial charge in [-0.3, -0.25) is 4.79 Å². The first-order valence-corrected chi connectivity index (χ1v) is 4.86. The zero-order chi connectivity index (χ0) is 11.8. The average Bonchev–Trinajstić information content (AvgIpc) is 2.13. The Hall–Kier alpha value is -1.14. The maximum Gasteiger partial charge on any atom is 0.328 e. The van der Waals surface area contributed by atoms with E-state index in [0.29, 0.717) is 12.8 Å². The topological polar surface area (TPSA) is 113 Å². The second-order valence-electron chi connectivity index (χ2n) is 3.51. The molecule has 0 radical (unpaired) electrons. The number of carboxylic acids is 1. The van der Waals surface area contributed by atoms with E-state index in [9.17, 15) is 9.59 Å². The van der Waals surface area contributed by atoms with Crippen molar-refractivity contribution in [3.8, 4) is 0 Å². The van der Waals surface area contributed by atoms with Crippen molar-refractivity contribution in [3.63, 3.8) is 0 Å².